The lowest BCUT2D eigenvalue weighted by atomic mass is 10.3. The highest BCUT2D eigenvalue weighted by Gasteiger charge is 2.35. The molecule has 0 atom stereocenters. The van der Waals surface area contributed by atoms with Crippen molar-refractivity contribution in [2.75, 3.05) is 24.8 Å². The van der Waals surface area contributed by atoms with Gasteiger partial charge in [-0.05, 0) is 18.2 Å². The van der Waals surface area contributed by atoms with Gasteiger partial charge in [0.2, 0.25) is 5.95 Å². The second-order valence-corrected chi connectivity index (χ2v) is 3.96. The number of hydrogen-bond acceptors (Lipinski definition) is 5. The summed E-state index contributed by atoms with van der Waals surface area (Å²) in [6, 6.07) is 7.70. The van der Waals surface area contributed by atoms with Crippen LogP contribution in [-0.2, 0) is 6.18 Å². The molecule has 1 aromatic heterocycles. The molecule has 21 heavy (non-hydrogen) atoms. The molecule has 0 spiro atoms. The van der Waals surface area contributed by atoms with E-state index in [1.54, 1.807) is 18.2 Å². The fourth-order valence-electron chi connectivity index (χ4n) is 1.65. The number of alkyl halides is 3. The summed E-state index contributed by atoms with van der Waals surface area (Å²) in [7, 11) is 2.83. The van der Waals surface area contributed by atoms with Gasteiger partial charge < -0.3 is 15.4 Å². The summed E-state index contributed by atoms with van der Waals surface area (Å²) in [5.41, 5.74) is -0.401. The predicted molar refractivity (Wildman–Crippen MR) is 71.7 cm³/mol. The maximum Gasteiger partial charge on any atom is 0.421 e. The van der Waals surface area contributed by atoms with Crippen LogP contribution in [0.5, 0.6) is 5.75 Å². The maximum absolute atomic E-state index is 12.7. The Morgan fingerprint density at radius 2 is 2.10 bits per heavy atom. The molecule has 0 aliphatic heterocycles. The SMILES string of the molecule is CNc1nc(Nc2cc[c]cc2OC)ncc1C(F)(F)F. The topological polar surface area (TPSA) is 59.1 Å². The van der Waals surface area contributed by atoms with E-state index < -0.39 is 11.7 Å². The predicted octanol–water partition coefficient (Wildman–Crippen LogP) is 3.09. The minimum absolute atomic E-state index is 0.0249. The van der Waals surface area contributed by atoms with E-state index in [1.807, 2.05) is 0 Å². The van der Waals surface area contributed by atoms with E-state index in [0.717, 1.165) is 6.20 Å². The van der Waals surface area contributed by atoms with Crippen molar-refractivity contribution in [3.63, 3.8) is 0 Å². The molecule has 0 amide bonds. The lowest BCUT2D eigenvalue weighted by Crippen LogP contribution is -2.12. The number of halogens is 3. The van der Waals surface area contributed by atoms with Crippen molar-refractivity contribution in [1.82, 2.24) is 9.97 Å². The van der Waals surface area contributed by atoms with Gasteiger partial charge >= 0.3 is 6.18 Å². The van der Waals surface area contributed by atoms with Gasteiger partial charge in [0.15, 0.2) is 0 Å². The number of ether oxygens (including phenoxy) is 1. The lowest BCUT2D eigenvalue weighted by molar-refractivity contribution is -0.137. The Bertz CT molecular complexity index is 631. The van der Waals surface area contributed by atoms with E-state index in [1.165, 1.54) is 14.2 Å². The van der Waals surface area contributed by atoms with Crippen molar-refractivity contribution >= 4 is 17.5 Å². The Morgan fingerprint density at radius 1 is 1.33 bits per heavy atom. The van der Waals surface area contributed by atoms with Gasteiger partial charge in [-0.15, -0.1) is 0 Å². The second kappa shape index (κ2) is 5.86. The minimum Gasteiger partial charge on any atom is -0.495 e. The molecule has 111 valence electrons. The third kappa shape index (κ3) is 3.33. The average molecular weight is 297 g/mol. The monoisotopic (exact) mass is 297 g/mol. The smallest absolute Gasteiger partial charge is 0.421 e. The molecule has 1 radical (unpaired) electrons. The van der Waals surface area contributed by atoms with Gasteiger partial charge in [-0.3, -0.25) is 0 Å². The van der Waals surface area contributed by atoms with Crippen LogP contribution in [0.15, 0.2) is 24.4 Å². The molecule has 1 aromatic carbocycles. The molecule has 0 aliphatic carbocycles. The van der Waals surface area contributed by atoms with Crippen LogP contribution in [0.4, 0.5) is 30.6 Å². The summed E-state index contributed by atoms with van der Waals surface area (Å²) in [4.78, 5) is 7.49. The van der Waals surface area contributed by atoms with Crippen LogP contribution < -0.4 is 15.4 Å². The van der Waals surface area contributed by atoms with Crippen molar-refractivity contribution in [2.24, 2.45) is 0 Å². The first-order valence-electron chi connectivity index (χ1n) is 5.89. The Labute approximate surface area is 119 Å². The van der Waals surface area contributed by atoms with E-state index in [4.69, 9.17) is 4.74 Å². The summed E-state index contributed by atoms with van der Waals surface area (Å²) in [5.74, 6) is 0.199. The van der Waals surface area contributed by atoms with Gasteiger partial charge in [-0.25, -0.2) is 4.98 Å². The van der Waals surface area contributed by atoms with Crippen LogP contribution in [0.3, 0.4) is 0 Å². The highest BCUT2D eigenvalue weighted by atomic mass is 19.4. The minimum atomic E-state index is -4.52. The molecule has 0 bridgehead atoms. The molecule has 2 rings (SSSR count). The molecule has 5 nitrogen and oxygen atoms in total. The van der Waals surface area contributed by atoms with E-state index in [2.05, 4.69) is 26.7 Å². The van der Waals surface area contributed by atoms with Crippen LogP contribution in [0.25, 0.3) is 0 Å². The summed E-state index contributed by atoms with van der Waals surface area (Å²) in [5, 5.41) is 5.21. The standard InChI is InChI=1S/C13H12F3N4O/c1-17-11-8(13(14,15)16)7-18-12(20-11)19-9-5-3-4-6-10(9)21-2/h3,5-7H,1-2H3,(H2,17,18,19,20). The Hall–Kier alpha value is -2.51. The number of methoxy groups -OCH3 is 1. The Morgan fingerprint density at radius 3 is 2.71 bits per heavy atom. The molecule has 0 fully saturated rings. The largest absolute Gasteiger partial charge is 0.495 e. The quantitative estimate of drug-likeness (QED) is 0.908. The Kier molecular flexibility index (Phi) is 4.15. The van der Waals surface area contributed by atoms with Gasteiger partial charge in [-0.1, -0.05) is 6.07 Å². The molecule has 2 N–H and O–H groups in total. The zero-order valence-corrected chi connectivity index (χ0v) is 11.2. The molecular weight excluding hydrogens is 285 g/mol. The van der Waals surface area contributed by atoms with Crippen molar-refractivity contribution < 1.29 is 17.9 Å². The molecule has 0 saturated carbocycles. The van der Waals surface area contributed by atoms with Crippen molar-refractivity contribution in [1.29, 1.82) is 0 Å². The van der Waals surface area contributed by atoms with Gasteiger partial charge in [0, 0.05) is 13.2 Å². The van der Waals surface area contributed by atoms with E-state index >= 15 is 0 Å². The molecule has 0 aliphatic rings. The molecule has 1 heterocycles. The maximum atomic E-state index is 12.7. The summed E-state index contributed by atoms with van der Waals surface area (Å²) >= 11 is 0. The van der Waals surface area contributed by atoms with Gasteiger partial charge in [-0.2, -0.15) is 18.2 Å². The Balaban J connectivity index is 2.34. The number of nitrogens with one attached hydrogen (secondary N) is 2. The lowest BCUT2D eigenvalue weighted by Gasteiger charge is -2.13. The number of benzene rings is 1. The highest BCUT2D eigenvalue weighted by Crippen LogP contribution is 2.34. The van der Waals surface area contributed by atoms with Crippen LogP contribution >= 0.6 is 0 Å². The van der Waals surface area contributed by atoms with Gasteiger partial charge in [0.1, 0.15) is 17.1 Å². The summed E-state index contributed by atoms with van der Waals surface area (Å²) < 4.78 is 43.4. The van der Waals surface area contributed by atoms with Crippen LogP contribution in [0, 0.1) is 6.07 Å². The van der Waals surface area contributed by atoms with E-state index in [9.17, 15) is 13.2 Å². The number of aromatic nitrogens is 2. The number of rotatable bonds is 4. The average Bonchev–Trinajstić information content (AvgIpc) is 2.46. The number of hydrogen-bond donors (Lipinski definition) is 2. The molecule has 2 aromatic rings. The van der Waals surface area contributed by atoms with E-state index in [0.29, 0.717) is 11.4 Å². The molecule has 0 saturated heterocycles. The first-order chi connectivity index (χ1) is 9.95. The normalized spacial score (nSPS) is 11.1. The highest BCUT2D eigenvalue weighted by molar-refractivity contribution is 5.63. The second-order valence-electron chi connectivity index (χ2n) is 3.96. The molecule has 8 heteroatoms. The van der Waals surface area contributed by atoms with Crippen molar-refractivity contribution in [2.45, 2.75) is 6.18 Å². The summed E-state index contributed by atoms with van der Waals surface area (Å²) in [6.45, 7) is 0. The van der Waals surface area contributed by atoms with Gasteiger partial charge in [0.05, 0.1) is 12.8 Å². The third-order valence-corrected chi connectivity index (χ3v) is 2.62. The zero-order chi connectivity index (χ0) is 15.5. The van der Waals surface area contributed by atoms with Crippen molar-refractivity contribution in [3.05, 3.63) is 36.0 Å². The zero-order valence-electron chi connectivity index (χ0n) is 11.2. The van der Waals surface area contributed by atoms with Crippen LogP contribution in [-0.4, -0.2) is 24.1 Å². The fourth-order valence-corrected chi connectivity index (χ4v) is 1.65. The van der Waals surface area contributed by atoms with Crippen LogP contribution in [0.1, 0.15) is 5.56 Å². The molecule has 0 unspecified atom stereocenters. The fraction of sp³-hybridized carbons (Fsp3) is 0.231. The summed E-state index contributed by atoms with van der Waals surface area (Å²) in [6.07, 6.45) is -3.79. The number of anilines is 3. The molecular formula is C13H12F3N4O. The van der Waals surface area contributed by atoms with Crippen molar-refractivity contribution in [3.8, 4) is 5.75 Å². The van der Waals surface area contributed by atoms with Gasteiger partial charge in [0.25, 0.3) is 0 Å². The number of nitrogens with zero attached hydrogens (tertiary/aromatic N) is 2. The van der Waals surface area contributed by atoms with Crippen LogP contribution in [0.2, 0.25) is 0 Å². The first kappa shape index (κ1) is 14.9. The first-order valence-corrected chi connectivity index (χ1v) is 5.89. The van der Waals surface area contributed by atoms with E-state index in [-0.39, 0.29) is 11.8 Å². The third-order valence-electron chi connectivity index (χ3n) is 2.62.